The van der Waals surface area contributed by atoms with Gasteiger partial charge in [-0.05, 0) is 42.8 Å². The number of benzene rings is 2. The van der Waals surface area contributed by atoms with Crippen molar-refractivity contribution in [2.24, 2.45) is 0 Å². The first-order valence-electron chi connectivity index (χ1n) is 6.41. The zero-order chi connectivity index (χ0) is 15.9. The Kier molecular flexibility index (Phi) is 4.46. The van der Waals surface area contributed by atoms with Crippen LogP contribution in [0.5, 0.6) is 0 Å². The van der Waals surface area contributed by atoms with Crippen molar-refractivity contribution >= 4 is 72.1 Å². The van der Waals surface area contributed by atoms with E-state index < -0.39 is 0 Å². The minimum atomic E-state index is -0.218. The molecule has 0 aliphatic rings. The number of halogens is 3. The Hall–Kier alpha value is -1.07. The fourth-order valence-corrected chi connectivity index (χ4v) is 4.03. The molecule has 0 fully saturated rings. The van der Waals surface area contributed by atoms with E-state index in [9.17, 15) is 4.79 Å². The molecule has 112 valence electrons. The predicted molar refractivity (Wildman–Crippen MR) is 98.7 cm³/mol. The van der Waals surface area contributed by atoms with Gasteiger partial charge in [0.25, 0.3) is 5.91 Å². The van der Waals surface area contributed by atoms with Crippen LogP contribution >= 0.6 is 50.5 Å². The monoisotopic (exact) mass is 413 g/mol. The van der Waals surface area contributed by atoms with Gasteiger partial charge in [0.1, 0.15) is 4.88 Å². The number of aryl methyl sites for hydroxylation is 1. The minimum Gasteiger partial charge on any atom is -0.321 e. The standard InChI is InChI=1S/C16H10BrCl2NOS/c1-8-6-10(3-5-12(8)17)20-16(21)15-14(19)11-4-2-9(18)7-13(11)22-15/h2-7H,1H3,(H,20,21). The predicted octanol–water partition coefficient (Wildman–Crippen LogP) is 6.53. The van der Waals surface area contributed by atoms with Crippen molar-refractivity contribution in [3.05, 3.63) is 61.4 Å². The average molecular weight is 415 g/mol. The van der Waals surface area contributed by atoms with Crippen LogP contribution in [-0.4, -0.2) is 5.91 Å². The number of carbonyl (C=O) groups excluding carboxylic acids is 1. The van der Waals surface area contributed by atoms with Gasteiger partial charge in [-0.1, -0.05) is 45.2 Å². The third-order valence-corrected chi connectivity index (χ3v) is 5.99. The molecule has 0 unspecified atom stereocenters. The van der Waals surface area contributed by atoms with Crippen molar-refractivity contribution in [3.63, 3.8) is 0 Å². The number of hydrogen-bond acceptors (Lipinski definition) is 2. The van der Waals surface area contributed by atoms with Crippen LogP contribution in [0.3, 0.4) is 0 Å². The molecule has 3 aromatic rings. The number of fused-ring (bicyclic) bond motifs is 1. The maximum atomic E-state index is 12.5. The second-order valence-corrected chi connectivity index (χ2v) is 7.52. The zero-order valence-electron chi connectivity index (χ0n) is 11.4. The number of carbonyl (C=O) groups is 1. The maximum absolute atomic E-state index is 12.5. The quantitative estimate of drug-likeness (QED) is 0.507. The topological polar surface area (TPSA) is 29.1 Å². The van der Waals surface area contributed by atoms with Gasteiger partial charge in [0.05, 0.1) is 5.02 Å². The Morgan fingerprint density at radius 3 is 2.68 bits per heavy atom. The summed E-state index contributed by atoms with van der Waals surface area (Å²) in [5, 5.41) is 4.80. The lowest BCUT2D eigenvalue weighted by atomic mass is 10.2. The highest BCUT2D eigenvalue weighted by atomic mass is 79.9. The van der Waals surface area contributed by atoms with E-state index in [0.717, 1.165) is 25.8 Å². The number of anilines is 1. The maximum Gasteiger partial charge on any atom is 0.267 e. The fourth-order valence-electron chi connectivity index (χ4n) is 2.10. The van der Waals surface area contributed by atoms with Gasteiger partial charge in [-0.15, -0.1) is 11.3 Å². The van der Waals surface area contributed by atoms with Crippen molar-refractivity contribution in [2.75, 3.05) is 5.32 Å². The van der Waals surface area contributed by atoms with E-state index in [1.165, 1.54) is 11.3 Å². The van der Waals surface area contributed by atoms with Gasteiger partial charge in [0.2, 0.25) is 0 Å². The Morgan fingerprint density at radius 1 is 1.18 bits per heavy atom. The molecule has 2 nitrogen and oxygen atoms in total. The van der Waals surface area contributed by atoms with Crippen molar-refractivity contribution < 1.29 is 4.79 Å². The lowest BCUT2D eigenvalue weighted by Crippen LogP contribution is -2.10. The highest BCUT2D eigenvalue weighted by Crippen LogP contribution is 2.37. The summed E-state index contributed by atoms with van der Waals surface area (Å²) in [5.41, 5.74) is 1.78. The molecular formula is C16H10BrCl2NOS. The summed E-state index contributed by atoms with van der Waals surface area (Å²) < 4.78 is 1.90. The van der Waals surface area contributed by atoms with Gasteiger partial charge in [-0.2, -0.15) is 0 Å². The highest BCUT2D eigenvalue weighted by Gasteiger charge is 2.17. The minimum absolute atomic E-state index is 0.218. The normalized spacial score (nSPS) is 10.9. The van der Waals surface area contributed by atoms with Crippen LogP contribution in [0.2, 0.25) is 10.0 Å². The van der Waals surface area contributed by atoms with Crippen LogP contribution in [0, 0.1) is 6.92 Å². The molecule has 0 spiro atoms. The second-order valence-electron chi connectivity index (χ2n) is 4.80. The molecule has 0 aliphatic heterocycles. The summed E-state index contributed by atoms with van der Waals surface area (Å²) in [7, 11) is 0. The number of nitrogens with one attached hydrogen (secondary N) is 1. The van der Waals surface area contributed by atoms with Gasteiger partial charge >= 0.3 is 0 Å². The second kappa shape index (κ2) is 6.20. The molecule has 0 saturated heterocycles. The van der Waals surface area contributed by atoms with Crippen molar-refractivity contribution in [1.82, 2.24) is 0 Å². The van der Waals surface area contributed by atoms with Crippen LogP contribution in [0.15, 0.2) is 40.9 Å². The summed E-state index contributed by atoms with van der Waals surface area (Å²) in [5.74, 6) is -0.218. The van der Waals surface area contributed by atoms with Crippen LogP contribution < -0.4 is 5.32 Å². The molecule has 0 bridgehead atoms. The van der Waals surface area contributed by atoms with Crippen molar-refractivity contribution in [2.45, 2.75) is 6.92 Å². The van der Waals surface area contributed by atoms with Gasteiger partial charge in [-0.25, -0.2) is 0 Å². The number of hydrogen-bond donors (Lipinski definition) is 1. The summed E-state index contributed by atoms with van der Waals surface area (Å²) in [4.78, 5) is 12.9. The van der Waals surface area contributed by atoms with Crippen LogP contribution in [0.4, 0.5) is 5.69 Å². The lowest BCUT2D eigenvalue weighted by molar-refractivity contribution is 0.103. The summed E-state index contributed by atoms with van der Waals surface area (Å²) in [6.45, 7) is 1.97. The van der Waals surface area contributed by atoms with Crippen LogP contribution in [-0.2, 0) is 0 Å². The van der Waals surface area contributed by atoms with Gasteiger partial charge in [0.15, 0.2) is 0 Å². The highest BCUT2D eigenvalue weighted by molar-refractivity contribution is 9.10. The molecular weight excluding hydrogens is 405 g/mol. The first-order valence-corrected chi connectivity index (χ1v) is 8.77. The first kappa shape index (κ1) is 15.8. The van der Waals surface area contributed by atoms with E-state index in [4.69, 9.17) is 23.2 Å². The van der Waals surface area contributed by atoms with E-state index in [-0.39, 0.29) is 5.91 Å². The average Bonchev–Trinajstić information content (AvgIpc) is 2.79. The SMILES string of the molecule is Cc1cc(NC(=O)c2sc3cc(Cl)ccc3c2Cl)ccc1Br. The van der Waals surface area contributed by atoms with Gasteiger partial charge in [-0.3, -0.25) is 4.79 Å². The molecule has 1 aromatic heterocycles. The Labute approximate surface area is 150 Å². The van der Waals surface area contributed by atoms with Crippen LogP contribution in [0.25, 0.3) is 10.1 Å². The molecule has 3 rings (SSSR count). The Balaban J connectivity index is 1.94. The number of thiophene rings is 1. The molecule has 1 amide bonds. The third kappa shape index (κ3) is 3.01. The number of rotatable bonds is 2. The summed E-state index contributed by atoms with van der Waals surface area (Å²) >= 11 is 17.1. The Morgan fingerprint density at radius 2 is 1.95 bits per heavy atom. The largest absolute Gasteiger partial charge is 0.321 e. The van der Waals surface area contributed by atoms with E-state index in [0.29, 0.717) is 14.9 Å². The van der Waals surface area contributed by atoms with Crippen molar-refractivity contribution in [1.29, 1.82) is 0 Å². The van der Waals surface area contributed by atoms with E-state index in [1.807, 2.05) is 37.3 Å². The smallest absolute Gasteiger partial charge is 0.267 e. The molecule has 6 heteroatoms. The van der Waals surface area contributed by atoms with E-state index in [1.54, 1.807) is 6.07 Å². The fraction of sp³-hybridized carbons (Fsp3) is 0.0625. The van der Waals surface area contributed by atoms with Crippen LogP contribution in [0.1, 0.15) is 15.2 Å². The van der Waals surface area contributed by atoms with Gasteiger partial charge in [0, 0.05) is 25.3 Å². The molecule has 2 aromatic carbocycles. The number of amides is 1. The zero-order valence-corrected chi connectivity index (χ0v) is 15.3. The molecule has 0 radical (unpaired) electrons. The lowest BCUT2D eigenvalue weighted by Gasteiger charge is -2.06. The summed E-state index contributed by atoms with van der Waals surface area (Å²) in [6, 6.07) is 11.1. The van der Waals surface area contributed by atoms with Crippen molar-refractivity contribution in [3.8, 4) is 0 Å². The molecule has 0 aliphatic carbocycles. The molecule has 0 saturated carbocycles. The van der Waals surface area contributed by atoms with E-state index >= 15 is 0 Å². The van der Waals surface area contributed by atoms with E-state index in [2.05, 4.69) is 21.2 Å². The third-order valence-electron chi connectivity index (χ3n) is 3.21. The van der Waals surface area contributed by atoms with Gasteiger partial charge < -0.3 is 5.32 Å². The first-order chi connectivity index (χ1) is 10.5. The molecule has 22 heavy (non-hydrogen) atoms. The summed E-state index contributed by atoms with van der Waals surface area (Å²) in [6.07, 6.45) is 0. The molecule has 0 atom stereocenters. The molecule has 1 heterocycles. The molecule has 1 N–H and O–H groups in total. The Bertz CT molecular complexity index is 891.